The fraction of sp³-hybridized carbons (Fsp3) is 0.467. The van der Waals surface area contributed by atoms with Gasteiger partial charge in [-0.15, -0.1) is 0 Å². The Balaban J connectivity index is 2.73. The minimum Gasteiger partial charge on any atom is -0.481 e. The maximum atomic E-state index is 13.0. The van der Waals surface area contributed by atoms with Crippen molar-refractivity contribution in [2.24, 2.45) is 5.41 Å². The first-order valence-electron chi connectivity index (χ1n) is 6.72. The predicted molar refractivity (Wildman–Crippen MR) is 77.4 cm³/mol. The van der Waals surface area contributed by atoms with Crippen molar-refractivity contribution in [2.75, 3.05) is 6.54 Å². The third-order valence-electron chi connectivity index (χ3n) is 2.97. The Labute approximate surface area is 123 Å². The van der Waals surface area contributed by atoms with E-state index < -0.39 is 12.0 Å². The van der Waals surface area contributed by atoms with Crippen LogP contribution in [-0.4, -0.2) is 23.7 Å². The summed E-state index contributed by atoms with van der Waals surface area (Å²) in [4.78, 5) is 22.2. The molecule has 0 bridgehead atoms. The van der Waals surface area contributed by atoms with Crippen LogP contribution in [0.1, 0.15) is 38.8 Å². The van der Waals surface area contributed by atoms with Crippen molar-refractivity contribution < 1.29 is 19.1 Å². The highest BCUT2D eigenvalue weighted by atomic mass is 19.1. The van der Waals surface area contributed by atoms with Crippen molar-refractivity contribution >= 4 is 12.0 Å². The van der Waals surface area contributed by atoms with Crippen LogP contribution >= 0.6 is 0 Å². The Morgan fingerprint density at radius 2 is 1.81 bits per heavy atom. The number of carboxylic acid groups (broad SMARTS) is 1. The van der Waals surface area contributed by atoms with E-state index in [0.717, 1.165) is 5.56 Å². The Kier molecular flexibility index (Phi) is 5.69. The summed E-state index contributed by atoms with van der Waals surface area (Å²) in [6, 6.07) is 5.19. The van der Waals surface area contributed by atoms with Gasteiger partial charge in [-0.3, -0.25) is 4.79 Å². The average Bonchev–Trinajstić information content (AvgIpc) is 2.35. The zero-order valence-corrected chi connectivity index (χ0v) is 12.4. The van der Waals surface area contributed by atoms with E-state index in [-0.39, 0.29) is 30.2 Å². The zero-order chi connectivity index (χ0) is 16.0. The van der Waals surface area contributed by atoms with Crippen molar-refractivity contribution in [3.05, 3.63) is 35.6 Å². The first-order chi connectivity index (χ1) is 9.70. The number of halogens is 1. The summed E-state index contributed by atoms with van der Waals surface area (Å²) in [6.45, 7) is 5.93. The number of urea groups is 1. The third-order valence-corrected chi connectivity index (χ3v) is 2.97. The smallest absolute Gasteiger partial charge is 0.315 e. The molecule has 6 heteroatoms. The molecular weight excluding hydrogens is 275 g/mol. The predicted octanol–water partition coefficient (Wildman–Crippen LogP) is 2.69. The lowest BCUT2D eigenvalue weighted by Gasteiger charge is -2.32. The standard InChI is InChI=1S/C15H21FN2O3/c1-15(2,3)13(10-4-6-11(16)7-5-10)18-14(21)17-9-8-12(19)20/h4-7,13H,8-9H2,1-3H3,(H,19,20)(H2,17,18,21). The van der Waals surface area contributed by atoms with Crippen LogP contribution in [0.15, 0.2) is 24.3 Å². The second kappa shape index (κ2) is 7.06. The molecule has 1 rings (SSSR count). The van der Waals surface area contributed by atoms with Gasteiger partial charge in [-0.25, -0.2) is 9.18 Å². The maximum absolute atomic E-state index is 13.0. The molecule has 1 aromatic rings. The molecule has 0 radical (unpaired) electrons. The Morgan fingerprint density at radius 1 is 1.24 bits per heavy atom. The number of hydrogen-bond donors (Lipinski definition) is 3. The summed E-state index contributed by atoms with van der Waals surface area (Å²) in [5.74, 6) is -1.31. The number of hydrogen-bond acceptors (Lipinski definition) is 2. The number of aliphatic carboxylic acids is 1. The highest BCUT2D eigenvalue weighted by molar-refractivity contribution is 5.75. The lowest BCUT2D eigenvalue weighted by Crippen LogP contribution is -2.43. The Hall–Kier alpha value is -2.11. The third kappa shape index (κ3) is 5.81. The monoisotopic (exact) mass is 296 g/mol. The second-order valence-electron chi connectivity index (χ2n) is 5.89. The van der Waals surface area contributed by atoms with Gasteiger partial charge >= 0.3 is 12.0 Å². The molecule has 0 fully saturated rings. The van der Waals surface area contributed by atoms with Gasteiger partial charge in [-0.2, -0.15) is 0 Å². The number of benzene rings is 1. The SMILES string of the molecule is CC(C)(C)C(NC(=O)NCCC(=O)O)c1ccc(F)cc1. The minimum absolute atomic E-state index is 0.0570. The molecule has 21 heavy (non-hydrogen) atoms. The summed E-state index contributed by atoms with van der Waals surface area (Å²) < 4.78 is 13.0. The summed E-state index contributed by atoms with van der Waals surface area (Å²) in [5.41, 5.74) is 0.513. The molecule has 0 saturated heterocycles. The molecule has 0 aromatic heterocycles. The number of rotatable bonds is 5. The molecule has 0 aliphatic heterocycles. The fourth-order valence-electron chi connectivity index (χ4n) is 1.92. The number of carbonyl (C=O) groups excluding carboxylic acids is 1. The van der Waals surface area contributed by atoms with Gasteiger partial charge in [0, 0.05) is 6.54 Å². The van der Waals surface area contributed by atoms with E-state index in [9.17, 15) is 14.0 Å². The van der Waals surface area contributed by atoms with Gasteiger partial charge < -0.3 is 15.7 Å². The average molecular weight is 296 g/mol. The first kappa shape index (κ1) is 16.9. The molecule has 116 valence electrons. The normalized spacial score (nSPS) is 12.6. The van der Waals surface area contributed by atoms with Crippen LogP contribution in [0.5, 0.6) is 0 Å². The van der Waals surface area contributed by atoms with E-state index in [4.69, 9.17) is 5.11 Å². The lowest BCUT2D eigenvalue weighted by atomic mass is 9.82. The largest absolute Gasteiger partial charge is 0.481 e. The summed E-state index contributed by atoms with van der Waals surface area (Å²) in [7, 11) is 0. The van der Waals surface area contributed by atoms with E-state index in [1.165, 1.54) is 12.1 Å². The highest BCUT2D eigenvalue weighted by Crippen LogP contribution is 2.32. The molecule has 1 aromatic carbocycles. The highest BCUT2D eigenvalue weighted by Gasteiger charge is 2.27. The van der Waals surface area contributed by atoms with Crippen LogP contribution in [0.3, 0.4) is 0 Å². The second-order valence-corrected chi connectivity index (χ2v) is 5.89. The summed E-state index contributed by atoms with van der Waals surface area (Å²) in [5, 5.41) is 13.8. The Bertz CT molecular complexity index is 495. The van der Waals surface area contributed by atoms with E-state index in [0.29, 0.717) is 0 Å². The van der Waals surface area contributed by atoms with Gasteiger partial charge in [0.2, 0.25) is 0 Å². The number of nitrogens with one attached hydrogen (secondary N) is 2. The van der Waals surface area contributed by atoms with Crippen LogP contribution in [0.25, 0.3) is 0 Å². The van der Waals surface area contributed by atoms with Crippen molar-refractivity contribution in [1.29, 1.82) is 0 Å². The summed E-state index contributed by atoms with van der Waals surface area (Å²) in [6.07, 6.45) is -0.135. The van der Waals surface area contributed by atoms with Crippen molar-refractivity contribution in [3.8, 4) is 0 Å². The van der Waals surface area contributed by atoms with Gasteiger partial charge in [0.25, 0.3) is 0 Å². The minimum atomic E-state index is -0.971. The molecule has 5 nitrogen and oxygen atoms in total. The molecule has 0 aliphatic carbocycles. The molecule has 0 heterocycles. The topological polar surface area (TPSA) is 78.4 Å². The first-order valence-corrected chi connectivity index (χ1v) is 6.72. The van der Waals surface area contributed by atoms with Crippen LogP contribution in [0.4, 0.5) is 9.18 Å². The van der Waals surface area contributed by atoms with Gasteiger partial charge in [-0.05, 0) is 23.1 Å². The van der Waals surface area contributed by atoms with E-state index in [2.05, 4.69) is 10.6 Å². The van der Waals surface area contributed by atoms with E-state index in [1.54, 1.807) is 12.1 Å². The van der Waals surface area contributed by atoms with E-state index >= 15 is 0 Å². The van der Waals surface area contributed by atoms with Crippen molar-refractivity contribution in [2.45, 2.75) is 33.2 Å². The Morgan fingerprint density at radius 3 is 2.29 bits per heavy atom. The quantitative estimate of drug-likeness (QED) is 0.781. The fourth-order valence-corrected chi connectivity index (χ4v) is 1.92. The summed E-state index contributed by atoms with van der Waals surface area (Å²) >= 11 is 0. The zero-order valence-electron chi connectivity index (χ0n) is 12.4. The van der Waals surface area contributed by atoms with Crippen molar-refractivity contribution in [1.82, 2.24) is 10.6 Å². The number of carbonyl (C=O) groups is 2. The van der Waals surface area contributed by atoms with Gasteiger partial charge in [0.15, 0.2) is 0 Å². The number of carboxylic acids is 1. The van der Waals surface area contributed by atoms with Crippen LogP contribution in [-0.2, 0) is 4.79 Å². The molecule has 1 unspecified atom stereocenters. The van der Waals surface area contributed by atoms with Gasteiger partial charge in [0.05, 0.1) is 12.5 Å². The maximum Gasteiger partial charge on any atom is 0.315 e. The molecule has 3 N–H and O–H groups in total. The van der Waals surface area contributed by atoms with Gasteiger partial charge in [0.1, 0.15) is 5.82 Å². The van der Waals surface area contributed by atoms with Gasteiger partial charge in [-0.1, -0.05) is 32.9 Å². The lowest BCUT2D eigenvalue weighted by molar-refractivity contribution is -0.136. The van der Waals surface area contributed by atoms with Crippen LogP contribution in [0, 0.1) is 11.2 Å². The van der Waals surface area contributed by atoms with E-state index in [1.807, 2.05) is 20.8 Å². The molecule has 0 aliphatic rings. The van der Waals surface area contributed by atoms with Crippen LogP contribution < -0.4 is 10.6 Å². The molecular formula is C15H21FN2O3. The molecule has 2 amide bonds. The number of amides is 2. The van der Waals surface area contributed by atoms with Crippen LogP contribution in [0.2, 0.25) is 0 Å². The molecule has 1 atom stereocenters. The molecule has 0 saturated carbocycles. The van der Waals surface area contributed by atoms with Crippen molar-refractivity contribution in [3.63, 3.8) is 0 Å². The molecule has 0 spiro atoms.